The third kappa shape index (κ3) is 2.88. The number of carbonyl (C=O) groups is 2. The van der Waals surface area contributed by atoms with Crippen LogP contribution in [0.1, 0.15) is 22.5 Å². The molecule has 1 unspecified atom stereocenters. The standard InChI is InChI=1S/C18H18N4O4S/c1-10-14-11(16(23)20-18(17(24)25)5-6-26-9-18)8-12(13-4-3-7-27-13)19-15(14)22(2)21-10/h3-4,7-8H,5-6,9H2,1-2H3,(H,20,23)(H,24,25). The molecule has 0 saturated carbocycles. The van der Waals surface area contributed by atoms with Crippen molar-refractivity contribution in [2.24, 2.45) is 7.05 Å². The Morgan fingerprint density at radius 2 is 2.26 bits per heavy atom. The van der Waals surface area contributed by atoms with Gasteiger partial charge in [-0.3, -0.25) is 9.48 Å². The third-order valence-corrected chi connectivity index (χ3v) is 5.66. The van der Waals surface area contributed by atoms with E-state index in [0.717, 1.165) is 4.88 Å². The summed E-state index contributed by atoms with van der Waals surface area (Å²) in [7, 11) is 1.77. The molecule has 1 fully saturated rings. The lowest BCUT2D eigenvalue weighted by molar-refractivity contribution is -0.144. The zero-order valence-electron chi connectivity index (χ0n) is 14.9. The number of hydrogen-bond donors (Lipinski definition) is 2. The number of pyridine rings is 1. The zero-order valence-corrected chi connectivity index (χ0v) is 15.7. The van der Waals surface area contributed by atoms with Crippen molar-refractivity contribution >= 4 is 34.2 Å². The fourth-order valence-electron chi connectivity index (χ4n) is 3.34. The van der Waals surface area contributed by atoms with Crippen LogP contribution in [0.4, 0.5) is 0 Å². The van der Waals surface area contributed by atoms with E-state index in [0.29, 0.717) is 34.6 Å². The average molecular weight is 386 g/mol. The van der Waals surface area contributed by atoms with Crippen molar-refractivity contribution in [3.63, 3.8) is 0 Å². The highest BCUT2D eigenvalue weighted by atomic mass is 32.1. The quantitative estimate of drug-likeness (QED) is 0.710. The van der Waals surface area contributed by atoms with Gasteiger partial charge in [-0.05, 0) is 24.4 Å². The summed E-state index contributed by atoms with van der Waals surface area (Å²) in [6.45, 7) is 2.05. The summed E-state index contributed by atoms with van der Waals surface area (Å²) in [4.78, 5) is 30.4. The van der Waals surface area contributed by atoms with Crippen molar-refractivity contribution in [1.29, 1.82) is 0 Å². The molecule has 0 aromatic carbocycles. The molecule has 1 atom stereocenters. The Bertz CT molecular complexity index is 1040. The molecule has 0 spiro atoms. The second kappa shape index (κ2) is 6.43. The van der Waals surface area contributed by atoms with E-state index in [4.69, 9.17) is 4.74 Å². The van der Waals surface area contributed by atoms with E-state index >= 15 is 0 Å². The predicted octanol–water partition coefficient (Wildman–Crippen LogP) is 1.98. The molecule has 4 heterocycles. The number of hydrogen-bond acceptors (Lipinski definition) is 6. The fourth-order valence-corrected chi connectivity index (χ4v) is 4.03. The van der Waals surface area contributed by atoms with Crippen molar-refractivity contribution in [2.45, 2.75) is 18.9 Å². The highest BCUT2D eigenvalue weighted by Gasteiger charge is 2.44. The Morgan fingerprint density at radius 3 is 2.89 bits per heavy atom. The largest absolute Gasteiger partial charge is 0.479 e. The molecule has 1 saturated heterocycles. The Hall–Kier alpha value is -2.78. The number of carbonyl (C=O) groups excluding carboxylic acids is 1. The van der Waals surface area contributed by atoms with Crippen LogP contribution < -0.4 is 5.32 Å². The molecule has 1 amide bonds. The number of aliphatic carboxylic acids is 1. The molecule has 4 rings (SSSR count). The molecule has 8 nitrogen and oxygen atoms in total. The van der Waals surface area contributed by atoms with Crippen LogP contribution in [0.5, 0.6) is 0 Å². The van der Waals surface area contributed by atoms with Gasteiger partial charge in [-0.25, -0.2) is 9.78 Å². The molecule has 1 aliphatic heterocycles. The van der Waals surface area contributed by atoms with E-state index < -0.39 is 17.4 Å². The second-order valence-electron chi connectivity index (χ2n) is 6.58. The molecule has 1 aliphatic rings. The molecule has 140 valence electrons. The molecule has 9 heteroatoms. The Balaban J connectivity index is 1.84. The lowest BCUT2D eigenvalue weighted by Gasteiger charge is -2.24. The zero-order chi connectivity index (χ0) is 19.2. The molecular formula is C18H18N4O4S. The van der Waals surface area contributed by atoms with E-state index in [-0.39, 0.29) is 13.0 Å². The third-order valence-electron chi connectivity index (χ3n) is 4.77. The van der Waals surface area contributed by atoms with Crippen LogP contribution in [-0.2, 0) is 16.6 Å². The Morgan fingerprint density at radius 1 is 1.44 bits per heavy atom. The summed E-state index contributed by atoms with van der Waals surface area (Å²) >= 11 is 1.52. The van der Waals surface area contributed by atoms with Crippen molar-refractivity contribution < 1.29 is 19.4 Å². The molecular weight excluding hydrogens is 368 g/mol. The minimum absolute atomic E-state index is 0.0495. The first-order valence-corrected chi connectivity index (χ1v) is 9.31. The number of fused-ring (bicyclic) bond motifs is 1. The predicted molar refractivity (Wildman–Crippen MR) is 99.8 cm³/mol. The SMILES string of the molecule is Cc1nn(C)c2nc(-c3cccs3)cc(C(=O)NC3(C(=O)O)CCOC3)c12. The van der Waals surface area contributed by atoms with Gasteiger partial charge in [0.1, 0.15) is 0 Å². The van der Waals surface area contributed by atoms with Gasteiger partial charge < -0.3 is 15.2 Å². The van der Waals surface area contributed by atoms with E-state index in [1.54, 1.807) is 24.7 Å². The van der Waals surface area contributed by atoms with Gasteiger partial charge in [-0.1, -0.05) is 6.07 Å². The highest BCUT2D eigenvalue weighted by molar-refractivity contribution is 7.13. The molecule has 0 bridgehead atoms. The van der Waals surface area contributed by atoms with Gasteiger partial charge in [0.25, 0.3) is 5.91 Å². The molecule has 3 aromatic heterocycles. The number of nitrogens with one attached hydrogen (secondary N) is 1. The summed E-state index contributed by atoms with van der Waals surface area (Å²) < 4.78 is 6.86. The van der Waals surface area contributed by atoms with Crippen LogP contribution in [0.25, 0.3) is 21.6 Å². The monoisotopic (exact) mass is 386 g/mol. The topological polar surface area (TPSA) is 106 Å². The number of ether oxygens (including phenoxy) is 1. The van der Waals surface area contributed by atoms with E-state index in [1.807, 2.05) is 17.5 Å². The van der Waals surface area contributed by atoms with Crippen LogP contribution in [0, 0.1) is 6.92 Å². The summed E-state index contributed by atoms with van der Waals surface area (Å²) in [6.07, 6.45) is 0.228. The van der Waals surface area contributed by atoms with Gasteiger partial charge in [-0.2, -0.15) is 5.10 Å². The summed E-state index contributed by atoms with van der Waals surface area (Å²) in [5, 5.41) is 19.2. The summed E-state index contributed by atoms with van der Waals surface area (Å²) in [6, 6.07) is 5.53. The number of carboxylic acids is 1. The van der Waals surface area contributed by atoms with E-state index in [9.17, 15) is 14.7 Å². The highest BCUT2D eigenvalue weighted by Crippen LogP contribution is 2.30. The molecule has 3 aromatic rings. The number of aromatic nitrogens is 3. The minimum Gasteiger partial charge on any atom is -0.479 e. The number of amides is 1. The number of nitrogens with zero attached hydrogens (tertiary/aromatic N) is 3. The fraction of sp³-hybridized carbons (Fsp3) is 0.333. The summed E-state index contributed by atoms with van der Waals surface area (Å²) in [5.41, 5.74) is 0.844. The van der Waals surface area contributed by atoms with Crippen molar-refractivity contribution in [2.75, 3.05) is 13.2 Å². The van der Waals surface area contributed by atoms with Crippen LogP contribution in [0.3, 0.4) is 0 Å². The maximum absolute atomic E-state index is 13.1. The minimum atomic E-state index is -1.41. The molecule has 27 heavy (non-hydrogen) atoms. The number of aryl methyl sites for hydroxylation is 2. The van der Waals surface area contributed by atoms with Crippen molar-refractivity contribution in [3.8, 4) is 10.6 Å². The maximum Gasteiger partial charge on any atom is 0.331 e. The van der Waals surface area contributed by atoms with Gasteiger partial charge in [0.05, 0.1) is 33.8 Å². The summed E-state index contributed by atoms with van der Waals surface area (Å²) in [5.74, 6) is -1.57. The van der Waals surface area contributed by atoms with Crippen LogP contribution >= 0.6 is 11.3 Å². The number of rotatable bonds is 4. The van der Waals surface area contributed by atoms with E-state index in [2.05, 4.69) is 15.4 Å². The molecule has 2 N–H and O–H groups in total. The van der Waals surface area contributed by atoms with Gasteiger partial charge in [-0.15, -0.1) is 11.3 Å². The van der Waals surface area contributed by atoms with Crippen LogP contribution in [0.15, 0.2) is 23.6 Å². The van der Waals surface area contributed by atoms with Crippen LogP contribution in [0.2, 0.25) is 0 Å². The van der Waals surface area contributed by atoms with Crippen molar-refractivity contribution in [1.82, 2.24) is 20.1 Å². The molecule has 0 radical (unpaired) electrons. The normalized spacial score (nSPS) is 19.5. The van der Waals surface area contributed by atoms with Gasteiger partial charge in [0, 0.05) is 20.1 Å². The first kappa shape index (κ1) is 17.6. The molecule has 0 aliphatic carbocycles. The smallest absolute Gasteiger partial charge is 0.331 e. The number of thiophene rings is 1. The van der Waals surface area contributed by atoms with Crippen molar-refractivity contribution in [3.05, 3.63) is 34.8 Å². The second-order valence-corrected chi connectivity index (χ2v) is 7.53. The first-order valence-electron chi connectivity index (χ1n) is 8.43. The van der Waals surface area contributed by atoms with E-state index in [1.165, 1.54) is 11.3 Å². The van der Waals surface area contributed by atoms with Gasteiger partial charge in [0.2, 0.25) is 0 Å². The van der Waals surface area contributed by atoms with Crippen LogP contribution in [-0.4, -0.2) is 50.5 Å². The lowest BCUT2D eigenvalue weighted by Crippen LogP contribution is -2.55. The Kier molecular flexibility index (Phi) is 4.20. The first-order chi connectivity index (χ1) is 12.9. The lowest BCUT2D eigenvalue weighted by atomic mass is 9.97. The van der Waals surface area contributed by atoms with Gasteiger partial charge in [0.15, 0.2) is 11.2 Å². The Labute approximate surface area is 158 Å². The maximum atomic E-state index is 13.1. The number of carboxylic acid groups (broad SMARTS) is 1. The van der Waals surface area contributed by atoms with Gasteiger partial charge >= 0.3 is 5.97 Å². The average Bonchev–Trinajstić information content (AvgIpc) is 3.36.